The standard InChI is InChI=1S/C22H20ClN5O2S/c1-3-15-12(2)25-21(17-8-9-18(23)31-17)28-20(15)26-14-6-4-13(5-7-14)10-19-24-11-16(27-19)22(29)30/h4-9,11H,3,10H2,1-2H3,(H,24,27)(H,29,30)(H,25,26,28). The lowest BCUT2D eigenvalue weighted by Crippen LogP contribution is -2.05. The fourth-order valence-corrected chi connectivity index (χ4v) is 4.24. The molecule has 31 heavy (non-hydrogen) atoms. The second-order valence-electron chi connectivity index (χ2n) is 6.96. The Morgan fingerprint density at radius 1 is 1.19 bits per heavy atom. The number of hydrogen-bond acceptors (Lipinski definition) is 6. The number of anilines is 2. The number of thiophene rings is 1. The molecular weight excluding hydrogens is 434 g/mol. The van der Waals surface area contributed by atoms with Gasteiger partial charge in [-0.05, 0) is 43.2 Å². The van der Waals surface area contributed by atoms with Gasteiger partial charge in [0.1, 0.15) is 17.3 Å². The van der Waals surface area contributed by atoms with Crippen LogP contribution in [0.15, 0.2) is 42.6 Å². The number of aromatic amines is 1. The maximum Gasteiger partial charge on any atom is 0.353 e. The maximum atomic E-state index is 11.0. The van der Waals surface area contributed by atoms with E-state index in [2.05, 4.69) is 27.2 Å². The minimum Gasteiger partial charge on any atom is -0.477 e. The van der Waals surface area contributed by atoms with Crippen LogP contribution in [0.2, 0.25) is 4.34 Å². The van der Waals surface area contributed by atoms with Crippen LogP contribution in [0.25, 0.3) is 10.7 Å². The highest BCUT2D eigenvalue weighted by Gasteiger charge is 2.14. The molecule has 0 atom stereocenters. The molecule has 0 unspecified atom stereocenters. The van der Waals surface area contributed by atoms with Crippen LogP contribution < -0.4 is 5.32 Å². The highest BCUT2D eigenvalue weighted by Crippen LogP contribution is 2.31. The monoisotopic (exact) mass is 453 g/mol. The molecule has 4 aromatic rings. The summed E-state index contributed by atoms with van der Waals surface area (Å²) in [6, 6.07) is 11.7. The van der Waals surface area contributed by atoms with E-state index in [1.54, 1.807) is 0 Å². The molecular formula is C22H20ClN5O2S. The van der Waals surface area contributed by atoms with Gasteiger partial charge in [0.15, 0.2) is 5.82 Å². The molecule has 0 aliphatic heterocycles. The molecule has 0 saturated heterocycles. The van der Waals surface area contributed by atoms with E-state index in [0.717, 1.165) is 39.6 Å². The Hall–Kier alpha value is -3.23. The van der Waals surface area contributed by atoms with Gasteiger partial charge in [0, 0.05) is 23.4 Å². The number of imidazole rings is 1. The SMILES string of the molecule is CCc1c(C)nc(-c2ccc(Cl)s2)nc1Nc1ccc(Cc2ncc(C(=O)O)[nH]2)cc1. The van der Waals surface area contributed by atoms with Crippen LogP contribution in [-0.2, 0) is 12.8 Å². The number of nitrogens with zero attached hydrogens (tertiary/aromatic N) is 3. The van der Waals surface area contributed by atoms with Crippen molar-refractivity contribution < 1.29 is 9.90 Å². The highest BCUT2D eigenvalue weighted by molar-refractivity contribution is 7.19. The molecule has 1 aromatic carbocycles. The van der Waals surface area contributed by atoms with E-state index in [-0.39, 0.29) is 5.69 Å². The summed E-state index contributed by atoms with van der Waals surface area (Å²) in [5.41, 5.74) is 4.00. The predicted molar refractivity (Wildman–Crippen MR) is 123 cm³/mol. The second-order valence-corrected chi connectivity index (χ2v) is 8.68. The molecule has 0 saturated carbocycles. The number of carboxylic acids is 1. The molecule has 0 radical (unpaired) electrons. The van der Waals surface area contributed by atoms with Crippen molar-refractivity contribution in [3.05, 3.63) is 75.3 Å². The van der Waals surface area contributed by atoms with Gasteiger partial charge in [0.2, 0.25) is 0 Å². The summed E-state index contributed by atoms with van der Waals surface area (Å²) in [4.78, 5) is 28.2. The first kappa shape index (κ1) is 21.0. The van der Waals surface area contributed by atoms with Gasteiger partial charge in [-0.25, -0.2) is 19.7 Å². The van der Waals surface area contributed by atoms with Gasteiger partial charge < -0.3 is 15.4 Å². The summed E-state index contributed by atoms with van der Waals surface area (Å²) in [7, 11) is 0. The van der Waals surface area contributed by atoms with Crippen molar-refractivity contribution >= 4 is 40.4 Å². The van der Waals surface area contributed by atoms with Crippen LogP contribution in [-0.4, -0.2) is 31.0 Å². The van der Waals surface area contributed by atoms with Crippen molar-refractivity contribution in [2.24, 2.45) is 0 Å². The van der Waals surface area contributed by atoms with Gasteiger partial charge in [-0.15, -0.1) is 11.3 Å². The number of rotatable bonds is 7. The van der Waals surface area contributed by atoms with Crippen LogP contribution in [0.3, 0.4) is 0 Å². The van der Waals surface area contributed by atoms with Gasteiger partial charge in [-0.3, -0.25) is 0 Å². The number of aryl methyl sites for hydroxylation is 1. The average molecular weight is 454 g/mol. The molecule has 0 spiro atoms. The number of aromatic carboxylic acids is 1. The lowest BCUT2D eigenvalue weighted by Gasteiger charge is -2.14. The quantitative estimate of drug-likeness (QED) is 0.342. The molecule has 0 aliphatic rings. The first-order chi connectivity index (χ1) is 14.9. The Bertz CT molecular complexity index is 1230. The van der Waals surface area contributed by atoms with E-state index in [4.69, 9.17) is 21.7 Å². The van der Waals surface area contributed by atoms with E-state index >= 15 is 0 Å². The molecule has 3 aromatic heterocycles. The van der Waals surface area contributed by atoms with Crippen LogP contribution in [0.1, 0.15) is 40.1 Å². The Labute approximate surface area is 188 Å². The van der Waals surface area contributed by atoms with E-state index in [0.29, 0.717) is 22.4 Å². The zero-order valence-corrected chi connectivity index (χ0v) is 18.5. The number of halogens is 1. The number of carbonyl (C=O) groups is 1. The van der Waals surface area contributed by atoms with Gasteiger partial charge in [0.05, 0.1) is 15.4 Å². The van der Waals surface area contributed by atoms with E-state index in [1.807, 2.05) is 43.3 Å². The predicted octanol–water partition coefficient (Wildman–Crippen LogP) is 5.49. The van der Waals surface area contributed by atoms with Crippen LogP contribution in [0.5, 0.6) is 0 Å². The summed E-state index contributed by atoms with van der Waals surface area (Å²) >= 11 is 7.53. The maximum absolute atomic E-state index is 11.0. The molecule has 0 bridgehead atoms. The number of H-pyrrole nitrogens is 1. The molecule has 0 fully saturated rings. The molecule has 9 heteroatoms. The largest absolute Gasteiger partial charge is 0.477 e. The number of hydrogen-bond donors (Lipinski definition) is 3. The third-order valence-electron chi connectivity index (χ3n) is 4.81. The van der Waals surface area contributed by atoms with Crippen LogP contribution in [0.4, 0.5) is 11.5 Å². The van der Waals surface area contributed by atoms with E-state index in [1.165, 1.54) is 17.5 Å². The zero-order chi connectivity index (χ0) is 22.0. The molecule has 3 N–H and O–H groups in total. The number of aromatic nitrogens is 4. The van der Waals surface area contributed by atoms with Crippen molar-refractivity contribution in [2.75, 3.05) is 5.32 Å². The second kappa shape index (κ2) is 8.87. The van der Waals surface area contributed by atoms with Crippen molar-refractivity contribution in [1.29, 1.82) is 0 Å². The Morgan fingerprint density at radius 3 is 2.58 bits per heavy atom. The molecule has 158 valence electrons. The third-order valence-corrected chi connectivity index (χ3v) is 6.04. The van der Waals surface area contributed by atoms with E-state index in [9.17, 15) is 4.79 Å². The highest BCUT2D eigenvalue weighted by atomic mass is 35.5. The smallest absolute Gasteiger partial charge is 0.353 e. The molecule has 3 heterocycles. The molecule has 4 rings (SSSR count). The van der Waals surface area contributed by atoms with Gasteiger partial charge in [0.25, 0.3) is 0 Å². The topological polar surface area (TPSA) is 104 Å². The normalized spacial score (nSPS) is 10.9. The zero-order valence-electron chi connectivity index (χ0n) is 16.9. The van der Waals surface area contributed by atoms with Crippen molar-refractivity contribution in [2.45, 2.75) is 26.7 Å². The van der Waals surface area contributed by atoms with Crippen molar-refractivity contribution in [3.8, 4) is 10.7 Å². The number of benzene rings is 1. The lowest BCUT2D eigenvalue weighted by atomic mass is 10.1. The number of nitrogens with one attached hydrogen (secondary N) is 2. The molecule has 0 amide bonds. The summed E-state index contributed by atoms with van der Waals surface area (Å²) in [5.74, 6) is 1.02. The van der Waals surface area contributed by atoms with Crippen molar-refractivity contribution in [3.63, 3.8) is 0 Å². The van der Waals surface area contributed by atoms with E-state index < -0.39 is 5.97 Å². The molecule has 7 nitrogen and oxygen atoms in total. The fourth-order valence-electron chi connectivity index (χ4n) is 3.26. The molecule has 0 aliphatic carbocycles. The Morgan fingerprint density at radius 2 is 1.97 bits per heavy atom. The fraction of sp³-hybridized carbons (Fsp3) is 0.182. The van der Waals surface area contributed by atoms with Crippen LogP contribution in [0, 0.1) is 6.92 Å². The van der Waals surface area contributed by atoms with Crippen LogP contribution >= 0.6 is 22.9 Å². The first-order valence-corrected chi connectivity index (χ1v) is 10.9. The summed E-state index contributed by atoms with van der Waals surface area (Å²) in [5, 5.41) is 12.4. The number of carboxylic acid groups (broad SMARTS) is 1. The summed E-state index contributed by atoms with van der Waals surface area (Å²) < 4.78 is 0.702. The summed E-state index contributed by atoms with van der Waals surface area (Å²) in [6.45, 7) is 4.07. The lowest BCUT2D eigenvalue weighted by molar-refractivity contribution is 0.0691. The first-order valence-electron chi connectivity index (χ1n) is 9.69. The van der Waals surface area contributed by atoms with Crippen molar-refractivity contribution in [1.82, 2.24) is 19.9 Å². The van der Waals surface area contributed by atoms with Gasteiger partial charge in [-0.1, -0.05) is 30.7 Å². The van der Waals surface area contributed by atoms with Gasteiger partial charge in [-0.2, -0.15) is 0 Å². The average Bonchev–Trinajstić information content (AvgIpc) is 3.38. The van der Waals surface area contributed by atoms with Gasteiger partial charge >= 0.3 is 5.97 Å². The minimum absolute atomic E-state index is 0.0855. The Kier molecular flexibility index (Phi) is 6.01. The summed E-state index contributed by atoms with van der Waals surface area (Å²) in [6.07, 6.45) is 2.65. The minimum atomic E-state index is -1.02. The third kappa shape index (κ3) is 4.76. The Balaban J connectivity index is 1.55.